The second kappa shape index (κ2) is 2.19. The number of rotatable bonds is 1. The zero-order valence-corrected chi connectivity index (χ0v) is 5.09. The highest BCUT2D eigenvalue weighted by molar-refractivity contribution is 5.09. The number of hydrogen-bond donors (Lipinski definition) is 1. The van der Waals surface area contributed by atoms with Gasteiger partial charge in [0.1, 0.15) is 0 Å². The van der Waals surface area contributed by atoms with Crippen molar-refractivity contribution in [1.82, 2.24) is 9.97 Å². The second-order valence-corrected chi connectivity index (χ2v) is 2.28. The number of H-pyrrole nitrogens is 1. The van der Waals surface area contributed by atoms with Crippen molar-refractivity contribution in [1.29, 1.82) is 0 Å². The molecule has 3 heteroatoms. The molecule has 0 aromatic carbocycles. The number of nitrogens with zero attached hydrogens (tertiary/aromatic N) is 1. The molecule has 0 bridgehead atoms. The Balaban J connectivity index is 0.000000405. The van der Waals surface area contributed by atoms with Gasteiger partial charge in [0.2, 0.25) is 0 Å². The summed E-state index contributed by atoms with van der Waals surface area (Å²) in [5.41, 5.74) is 1.31. The molecule has 1 aliphatic rings. The fourth-order valence-corrected chi connectivity index (χ4v) is 0.884. The van der Waals surface area contributed by atoms with Crippen LogP contribution in [-0.4, -0.2) is 15.4 Å². The van der Waals surface area contributed by atoms with Gasteiger partial charge < -0.3 is 10.5 Å². The van der Waals surface area contributed by atoms with Crippen molar-refractivity contribution in [3.8, 4) is 0 Å². The molecule has 3 nitrogen and oxygen atoms in total. The van der Waals surface area contributed by atoms with Crippen LogP contribution in [-0.2, 0) is 0 Å². The van der Waals surface area contributed by atoms with Crippen molar-refractivity contribution in [3.05, 3.63) is 18.2 Å². The summed E-state index contributed by atoms with van der Waals surface area (Å²) >= 11 is 0. The van der Waals surface area contributed by atoms with Crippen LogP contribution in [0.4, 0.5) is 0 Å². The predicted molar refractivity (Wildman–Crippen MR) is 34.2 cm³/mol. The van der Waals surface area contributed by atoms with Crippen LogP contribution in [0.1, 0.15) is 24.5 Å². The van der Waals surface area contributed by atoms with Gasteiger partial charge in [-0.2, -0.15) is 0 Å². The second-order valence-electron chi connectivity index (χ2n) is 2.28. The van der Waals surface area contributed by atoms with Crippen molar-refractivity contribution in [2.45, 2.75) is 18.8 Å². The van der Waals surface area contributed by atoms with Crippen LogP contribution in [0.15, 0.2) is 12.5 Å². The van der Waals surface area contributed by atoms with Gasteiger partial charge in [0.05, 0.1) is 6.33 Å². The number of hydrogen-bond acceptors (Lipinski definition) is 1. The zero-order valence-electron chi connectivity index (χ0n) is 5.09. The highest BCUT2D eigenvalue weighted by Crippen LogP contribution is 2.38. The Morgan fingerprint density at radius 2 is 2.33 bits per heavy atom. The molecule has 1 aromatic rings. The van der Waals surface area contributed by atoms with E-state index in [4.69, 9.17) is 0 Å². The maximum Gasteiger partial charge on any atom is 0.0921 e. The number of aromatic amines is 1. The quantitative estimate of drug-likeness (QED) is 0.584. The first-order chi connectivity index (χ1) is 3.97. The normalized spacial score (nSPS) is 16.9. The summed E-state index contributed by atoms with van der Waals surface area (Å²) in [5, 5.41) is 0. The third kappa shape index (κ3) is 1.10. The fourth-order valence-electron chi connectivity index (χ4n) is 0.884. The van der Waals surface area contributed by atoms with Crippen LogP contribution in [0, 0.1) is 0 Å². The van der Waals surface area contributed by atoms with E-state index in [9.17, 15) is 0 Å². The highest BCUT2D eigenvalue weighted by Gasteiger charge is 2.24. The summed E-state index contributed by atoms with van der Waals surface area (Å²) < 4.78 is 0. The van der Waals surface area contributed by atoms with Crippen LogP contribution in [0.3, 0.4) is 0 Å². The molecule has 3 N–H and O–H groups in total. The van der Waals surface area contributed by atoms with E-state index in [1.54, 1.807) is 6.33 Å². The minimum Gasteiger partial charge on any atom is -0.412 e. The van der Waals surface area contributed by atoms with E-state index in [1.807, 2.05) is 6.20 Å². The van der Waals surface area contributed by atoms with Gasteiger partial charge in [0.25, 0.3) is 0 Å². The average molecular weight is 126 g/mol. The number of aromatic nitrogens is 2. The van der Waals surface area contributed by atoms with Crippen LogP contribution < -0.4 is 0 Å². The molecule has 0 atom stereocenters. The fraction of sp³-hybridized carbons (Fsp3) is 0.500. The van der Waals surface area contributed by atoms with Crippen LogP contribution in [0.5, 0.6) is 0 Å². The van der Waals surface area contributed by atoms with E-state index in [2.05, 4.69) is 9.97 Å². The molecule has 1 fully saturated rings. The smallest absolute Gasteiger partial charge is 0.0921 e. The van der Waals surface area contributed by atoms with E-state index in [0.717, 1.165) is 5.92 Å². The summed E-state index contributed by atoms with van der Waals surface area (Å²) in [6, 6.07) is 0. The first kappa shape index (κ1) is 6.29. The standard InChI is InChI=1S/C6H8N2.H2O/c1-2-5(1)6-3-7-4-8-6;/h3-5H,1-2H2,(H,7,8);1H2. The molecule has 0 saturated heterocycles. The Hall–Kier alpha value is -0.830. The third-order valence-corrected chi connectivity index (χ3v) is 1.54. The molecule has 1 heterocycles. The van der Waals surface area contributed by atoms with Crippen LogP contribution in [0.2, 0.25) is 0 Å². The van der Waals surface area contributed by atoms with Gasteiger partial charge in [-0.05, 0) is 12.8 Å². The summed E-state index contributed by atoms with van der Waals surface area (Å²) in [5.74, 6) is 0.817. The Morgan fingerprint density at radius 1 is 1.56 bits per heavy atom. The monoisotopic (exact) mass is 126 g/mol. The van der Waals surface area contributed by atoms with Gasteiger partial charge in [-0.3, -0.25) is 0 Å². The molecule has 0 spiro atoms. The maximum atomic E-state index is 3.93. The minimum absolute atomic E-state index is 0. The topological polar surface area (TPSA) is 60.2 Å². The Bertz CT molecular complexity index is 167. The first-order valence-corrected chi connectivity index (χ1v) is 2.95. The van der Waals surface area contributed by atoms with E-state index in [-0.39, 0.29) is 5.48 Å². The summed E-state index contributed by atoms with van der Waals surface area (Å²) in [7, 11) is 0. The summed E-state index contributed by atoms with van der Waals surface area (Å²) in [6.07, 6.45) is 6.36. The van der Waals surface area contributed by atoms with Gasteiger partial charge in [0.15, 0.2) is 0 Å². The largest absolute Gasteiger partial charge is 0.412 e. The number of nitrogens with one attached hydrogen (secondary N) is 1. The molecule has 1 aliphatic carbocycles. The zero-order chi connectivity index (χ0) is 5.40. The van der Waals surface area contributed by atoms with E-state index in [0.29, 0.717) is 0 Å². The Morgan fingerprint density at radius 3 is 2.78 bits per heavy atom. The molecular formula is C6H10N2O. The Labute approximate surface area is 53.4 Å². The lowest BCUT2D eigenvalue weighted by atomic mass is 10.3. The minimum atomic E-state index is 0. The van der Waals surface area contributed by atoms with E-state index in [1.165, 1.54) is 18.5 Å². The summed E-state index contributed by atoms with van der Waals surface area (Å²) in [4.78, 5) is 7.02. The van der Waals surface area contributed by atoms with Crippen molar-refractivity contribution in [2.75, 3.05) is 0 Å². The van der Waals surface area contributed by atoms with Crippen LogP contribution in [0.25, 0.3) is 0 Å². The molecule has 0 radical (unpaired) electrons. The Kier molecular flexibility index (Phi) is 1.53. The molecule has 1 saturated carbocycles. The van der Waals surface area contributed by atoms with Gasteiger partial charge in [-0.15, -0.1) is 0 Å². The first-order valence-electron chi connectivity index (χ1n) is 2.95. The molecule has 2 rings (SSSR count). The molecule has 50 valence electrons. The van der Waals surface area contributed by atoms with Gasteiger partial charge in [0, 0.05) is 17.8 Å². The van der Waals surface area contributed by atoms with Gasteiger partial charge >= 0.3 is 0 Å². The lowest BCUT2D eigenvalue weighted by molar-refractivity contribution is 0.824. The van der Waals surface area contributed by atoms with Crippen molar-refractivity contribution >= 4 is 0 Å². The number of imidazole rings is 1. The molecular weight excluding hydrogens is 116 g/mol. The average Bonchev–Trinajstić information content (AvgIpc) is 2.49. The maximum absolute atomic E-state index is 3.93. The van der Waals surface area contributed by atoms with Gasteiger partial charge in [-0.1, -0.05) is 0 Å². The molecule has 1 aromatic heterocycles. The third-order valence-electron chi connectivity index (χ3n) is 1.54. The van der Waals surface area contributed by atoms with Crippen molar-refractivity contribution in [3.63, 3.8) is 0 Å². The lowest BCUT2D eigenvalue weighted by Crippen LogP contribution is -1.73. The summed E-state index contributed by atoms with van der Waals surface area (Å²) in [6.45, 7) is 0. The highest BCUT2D eigenvalue weighted by atomic mass is 16.0. The lowest BCUT2D eigenvalue weighted by Gasteiger charge is -1.82. The van der Waals surface area contributed by atoms with E-state index >= 15 is 0 Å². The predicted octanol–water partition coefficient (Wildman–Crippen LogP) is 0.462. The van der Waals surface area contributed by atoms with E-state index < -0.39 is 0 Å². The molecule has 0 aliphatic heterocycles. The molecule has 0 unspecified atom stereocenters. The van der Waals surface area contributed by atoms with Crippen molar-refractivity contribution in [2.24, 2.45) is 0 Å². The molecule has 0 amide bonds. The van der Waals surface area contributed by atoms with Gasteiger partial charge in [-0.25, -0.2) is 4.98 Å². The van der Waals surface area contributed by atoms with Crippen molar-refractivity contribution < 1.29 is 5.48 Å². The van der Waals surface area contributed by atoms with Crippen LogP contribution >= 0.6 is 0 Å². The molecule has 9 heavy (non-hydrogen) atoms. The SMILES string of the molecule is O.c1ncc(C2CC2)[nH]1.